The van der Waals surface area contributed by atoms with Gasteiger partial charge in [-0.2, -0.15) is 11.8 Å². The monoisotopic (exact) mass is 240 g/mol. The third kappa shape index (κ3) is 3.92. The minimum atomic E-state index is -3.53. The number of rotatable bonds is 3. The summed E-state index contributed by atoms with van der Waals surface area (Å²) < 4.78 is 21.7. The Morgan fingerprint density at radius 3 is 2.77 bits per heavy atom. The van der Waals surface area contributed by atoms with Crippen LogP contribution in [0.2, 0.25) is 0 Å². The molecule has 1 rings (SSSR count). The summed E-state index contributed by atoms with van der Waals surface area (Å²) in [6.45, 7) is 3.49. The Kier molecular flexibility index (Phi) is 4.13. The highest BCUT2D eigenvalue weighted by Crippen LogP contribution is 2.29. The largest absolute Gasteiger partial charge is 0.256 e. The van der Waals surface area contributed by atoms with Crippen LogP contribution in [0.3, 0.4) is 0 Å². The molecule has 0 N–H and O–H groups in total. The molecule has 1 heterocycles. The first-order valence-electron chi connectivity index (χ1n) is 4.20. The molecule has 13 heavy (non-hydrogen) atoms. The minimum absolute atomic E-state index is 0.168. The van der Waals surface area contributed by atoms with Gasteiger partial charge in [0.05, 0.1) is 4.91 Å². The molecule has 2 nitrogen and oxygen atoms in total. The lowest BCUT2D eigenvalue weighted by Gasteiger charge is -2.20. The smallest absolute Gasteiger partial charge is 0.207 e. The number of thioether (sulfide) groups is 1. The van der Waals surface area contributed by atoms with Gasteiger partial charge in [-0.05, 0) is 36.7 Å². The Bertz CT molecular complexity index is 279. The van der Waals surface area contributed by atoms with E-state index in [9.17, 15) is 8.42 Å². The molecule has 0 saturated carbocycles. The summed E-state index contributed by atoms with van der Waals surface area (Å²) in [6, 6.07) is 0. The van der Waals surface area contributed by atoms with Gasteiger partial charge in [-0.25, -0.2) is 8.42 Å². The summed E-state index contributed by atoms with van der Waals surface area (Å²) in [5.41, 5.74) is 0. The van der Waals surface area contributed by atoms with Crippen LogP contribution in [0.1, 0.15) is 19.3 Å². The van der Waals surface area contributed by atoms with Crippen LogP contribution >= 0.6 is 22.4 Å². The quantitative estimate of drug-likeness (QED) is 0.712. The molecular weight excluding hydrogens is 228 g/mol. The molecule has 1 aliphatic rings. The number of allylic oxidation sites excluding steroid dienone is 1. The molecule has 0 aromatic carbocycles. The zero-order valence-electron chi connectivity index (χ0n) is 7.33. The third-order valence-corrected chi connectivity index (χ3v) is 4.91. The van der Waals surface area contributed by atoms with Gasteiger partial charge in [0.25, 0.3) is 9.05 Å². The van der Waals surface area contributed by atoms with E-state index < -0.39 is 9.05 Å². The maximum atomic E-state index is 10.9. The molecule has 0 aliphatic carbocycles. The van der Waals surface area contributed by atoms with Gasteiger partial charge >= 0.3 is 0 Å². The van der Waals surface area contributed by atoms with Crippen LogP contribution in [-0.2, 0) is 9.05 Å². The normalized spacial score (nSPS) is 24.2. The van der Waals surface area contributed by atoms with E-state index in [2.05, 4.69) is 6.58 Å². The highest BCUT2D eigenvalue weighted by atomic mass is 35.7. The first-order valence-corrected chi connectivity index (χ1v) is 7.67. The van der Waals surface area contributed by atoms with Gasteiger partial charge in [-0.3, -0.25) is 0 Å². The van der Waals surface area contributed by atoms with Crippen LogP contribution in [0.4, 0.5) is 0 Å². The lowest BCUT2D eigenvalue weighted by atomic mass is 10.0. The highest BCUT2D eigenvalue weighted by Gasteiger charge is 2.19. The van der Waals surface area contributed by atoms with E-state index in [-0.39, 0.29) is 4.91 Å². The fraction of sp³-hybridized carbons (Fsp3) is 0.750. The van der Waals surface area contributed by atoms with Crippen molar-refractivity contribution in [2.24, 2.45) is 5.92 Å². The highest BCUT2D eigenvalue weighted by molar-refractivity contribution is 8.16. The fourth-order valence-corrected chi connectivity index (χ4v) is 3.17. The Morgan fingerprint density at radius 2 is 2.31 bits per heavy atom. The Balaban J connectivity index is 2.44. The first-order chi connectivity index (χ1) is 6.00. The van der Waals surface area contributed by atoms with Gasteiger partial charge in [0.2, 0.25) is 0 Å². The van der Waals surface area contributed by atoms with Crippen molar-refractivity contribution in [3.8, 4) is 0 Å². The molecular formula is C8H13ClO2S2. The van der Waals surface area contributed by atoms with E-state index >= 15 is 0 Å². The standard InChI is InChI=1S/C8H13ClO2S2/c1-7(13(9,10)11)5-8-3-2-4-12-6-8/h8H,1-6H2. The van der Waals surface area contributed by atoms with Crippen molar-refractivity contribution in [2.75, 3.05) is 11.5 Å². The lowest BCUT2D eigenvalue weighted by molar-refractivity contribution is 0.523. The van der Waals surface area contributed by atoms with Crippen molar-refractivity contribution >= 4 is 31.5 Å². The van der Waals surface area contributed by atoms with Crippen molar-refractivity contribution in [1.82, 2.24) is 0 Å². The maximum Gasteiger partial charge on any atom is 0.256 e. The minimum Gasteiger partial charge on any atom is -0.207 e. The van der Waals surface area contributed by atoms with Crippen molar-refractivity contribution in [3.05, 3.63) is 11.5 Å². The maximum absolute atomic E-state index is 10.9. The van der Waals surface area contributed by atoms with E-state index in [0.29, 0.717) is 12.3 Å². The van der Waals surface area contributed by atoms with Crippen LogP contribution in [0.15, 0.2) is 11.5 Å². The Hall–Kier alpha value is 0.330. The fourth-order valence-electron chi connectivity index (χ4n) is 1.39. The number of hydrogen-bond acceptors (Lipinski definition) is 3. The molecule has 1 atom stereocenters. The lowest BCUT2D eigenvalue weighted by Crippen LogP contribution is -2.12. The van der Waals surface area contributed by atoms with Crippen LogP contribution in [0, 0.1) is 5.92 Å². The van der Waals surface area contributed by atoms with Gasteiger partial charge < -0.3 is 0 Å². The van der Waals surface area contributed by atoms with Crippen molar-refractivity contribution in [1.29, 1.82) is 0 Å². The van der Waals surface area contributed by atoms with Crippen LogP contribution in [0.5, 0.6) is 0 Å². The summed E-state index contributed by atoms with van der Waals surface area (Å²) in [7, 11) is 1.64. The van der Waals surface area contributed by atoms with E-state index in [1.807, 2.05) is 11.8 Å². The SMILES string of the molecule is C=C(CC1CCCSC1)S(=O)(=O)Cl. The van der Waals surface area contributed by atoms with Crippen molar-refractivity contribution in [2.45, 2.75) is 19.3 Å². The molecule has 0 aromatic heterocycles. The number of halogens is 1. The molecule has 1 unspecified atom stereocenters. The van der Waals surface area contributed by atoms with Gasteiger partial charge in [0.1, 0.15) is 0 Å². The van der Waals surface area contributed by atoms with E-state index in [0.717, 1.165) is 12.2 Å². The van der Waals surface area contributed by atoms with Gasteiger partial charge in [-0.15, -0.1) is 0 Å². The van der Waals surface area contributed by atoms with Crippen molar-refractivity contribution in [3.63, 3.8) is 0 Å². The molecule has 1 fully saturated rings. The predicted molar refractivity (Wildman–Crippen MR) is 58.6 cm³/mol. The van der Waals surface area contributed by atoms with Gasteiger partial charge in [0, 0.05) is 10.7 Å². The van der Waals surface area contributed by atoms with Gasteiger partial charge in [-0.1, -0.05) is 6.58 Å². The van der Waals surface area contributed by atoms with Crippen molar-refractivity contribution < 1.29 is 8.42 Å². The molecule has 5 heteroatoms. The molecule has 0 aromatic rings. The zero-order valence-corrected chi connectivity index (χ0v) is 9.72. The molecule has 1 aliphatic heterocycles. The van der Waals surface area contributed by atoms with Crippen LogP contribution < -0.4 is 0 Å². The molecule has 0 amide bonds. The molecule has 1 saturated heterocycles. The molecule has 76 valence electrons. The summed E-state index contributed by atoms with van der Waals surface area (Å²) in [6.07, 6.45) is 2.79. The van der Waals surface area contributed by atoms with E-state index in [1.165, 1.54) is 12.2 Å². The average molecular weight is 241 g/mol. The molecule has 0 spiro atoms. The average Bonchev–Trinajstić information content (AvgIpc) is 2.04. The Labute approximate surface area is 88.2 Å². The number of hydrogen-bond donors (Lipinski definition) is 0. The van der Waals surface area contributed by atoms with E-state index in [4.69, 9.17) is 10.7 Å². The second-order valence-electron chi connectivity index (χ2n) is 3.26. The van der Waals surface area contributed by atoms with Crippen LogP contribution in [-0.4, -0.2) is 19.9 Å². The first kappa shape index (κ1) is 11.4. The Morgan fingerprint density at radius 1 is 1.62 bits per heavy atom. The van der Waals surface area contributed by atoms with E-state index in [1.54, 1.807) is 0 Å². The zero-order chi connectivity index (χ0) is 9.90. The summed E-state index contributed by atoms with van der Waals surface area (Å²) >= 11 is 1.88. The predicted octanol–water partition coefficient (Wildman–Crippen LogP) is 2.60. The summed E-state index contributed by atoms with van der Waals surface area (Å²) in [5, 5.41) is 0. The summed E-state index contributed by atoms with van der Waals surface area (Å²) in [5.74, 6) is 2.67. The molecule has 0 radical (unpaired) electrons. The van der Waals surface area contributed by atoms with Crippen LogP contribution in [0.25, 0.3) is 0 Å². The second-order valence-corrected chi connectivity index (χ2v) is 7.09. The summed E-state index contributed by atoms with van der Waals surface area (Å²) in [4.78, 5) is 0.168. The van der Waals surface area contributed by atoms with Gasteiger partial charge in [0.15, 0.2) is 0 Å². The topological polar surface area (TPSA) is 34.1 Å². The third-order valence-electron chi connectivity index (χ3n) is 2.12. The second kappa shape index (κ2) is 4.71. The molecule has 0 bridgehead atoms.